The van der Waals surface area contributed by atoms with Gasteiger partial charge in [-0.1, -0.05) is 53.7 Å². The van der Waals surface area contributed by atoms with Crippen molar-refractivity contribution in [2.24, 2.45) is 17.8 Å². The number of imide groups is 5. The van der Waals surface area contributed by atoms with E-state index in [1.165, 1.54) is 42.0 Å². The van der Waals surface area contributed by atoms with E-state index >= 15 is 0 Å². The molecule has 1 fully saturated rings. The van der Waals surface area contributed by atoms with Gasteiger partial charge >= 0.3 is 30.2 Å². The summed E-state index contributed by atoms with van der Waals surface area (Å²) < 4.78 is 0. The normalized spacial score (nSPS) is 25.1. The fourth-order valence-electron chi connectivity index (χ4n) is 7.00. The zero-order valence-electron chi connectivity index (χ0n) is 41.0. The SMILES string of the molecule is C/C=C/C[C@@H](C)C[C@H]1C(=O)N[C@@H](CC)C(=O)N(C)[C@H](C)C(=O)N(C)[C@@H](CC(C)C)C(=O)NC(=O)N(C)C(=O)NC(=O)N[C@@H](C)C(=O)N(C)C(CC(C)C)C(=O)N(C)C(=O)N(C)C(=O)N1C. The lowest BCUT2D eigenvalue weighted by Gasteiger charge is -2.36. The molecule has 16 amide bonds. The van der Waals surface area contributed by atoms with Gasteiger partial charge in [-0.05, 0) is 70.6 Å². The van der Waals surface area contributed by atoms with Crippen molar-refractivity contribution in [3.8, 4) is 0 Å². The Balaban J connectivity index is 3.91. The molecule has 0 aromatic heterocycles. The molecular weight excluding hydrogens is 847 g/mol. The third kappa shape index (κ3) is 15.5. The molecule has 7 atom stereocenters. The fourth-order valence-corrected chi connectivity index (χ4v) is 7.00. The lowest BCUT2D eigenvalue weighted by atomic mass is 9.96. The van der Waals surface area contributed by atoms with Crippen LogP contribution in [0.5, 0.6) is 0 Å². The van der Waals surface area contributed by atoms with Crippen LogP contribution in [-0.4, -0.2) is 185 Å². The molecule has 0 bridgehead atoms. The number of nitrogens with zero attached hydrogens (tertiary/aromatic N) is 7. The van der Waals surface area contributed by atoms with E-state index in [1.807, 2.05) is 31.3 Å². The molecule has 0 aromatic rings. The molecule has 1 aliphatic rings. The number of hydrogen-bond acceptors (Lipinski definition) is 11. The Labute approximate surface area is 383 Å². The van der Waals surface area contributed by atoms with Gasteiger partial charge in [0.05, 0.1) is 0 Å². The number of carbonyl (C=O) groups excluding carboxylic acids is 11. The quantitative estimate of drug-likeness (QED) is 0.244. The molecule has 1 saturated heterocycles. The number of amides is 16. The van der Waals surface area contributed by atoms with Gasteiger partial charge in [0, 0.05) is 49.3 Å². The molecular formula is C43H73N11O11. The van der Waals surface area contributed by atoms with Gasteiger partial charge in [-0.3, -0.25) is 44.3 Å². The van der Waals surface area contributed by atoms with Gasteiger partial charge in [-0.2, -0.15) is 0 Å². The maximum atomic E-state index is 14.2. The zero-order chi connectivity index (χ0) is 50.4. The lowest BCUT2D eigenvalue weighted by molar-refractivity contribution is -0.148. The minimum absolute atomic E-state index is 0.0475. The third-order valence-electron chi connectivity index (χ3n) is 11.4. The van der Waals surface area contributed by atoms with Crippen LogP contribution in [0, 0.1) is 17.8 Å². The molecule has 0 spiro atoms. The van der Waals surface area contributed by atoms with Crippen LogP contribution in [0.1, 0.15) is 94.4 Å². The Morgan fingerprint density at radius 3 is 1.57 bits per heavy atom. The number of likely N-dealkylation sites (N-methyl/N-ethyl adjacent to an activating group) is 5. The Bertz CT molecular complexity index is 1820. The van der Waals surface area contributed by atoms with E-state index in [0.717, 1.165) is 40.7 Å². The number of nitrogens with one attached hydrogen (secondary N) is 4. The number of rotatable bonds is 9. The minimum atomic E-state index is -1.37. The Morgan fingerprint density at radius 1 is 0.538 bits per heavy atom. The molecule has 0 saturated carbocycles. The summed E-state index contributed by atoms with van der Waals surface area (Å²) in [5, 5.41) is 8.98. The standard InChI is InChI=1S/C43H73N11O11/c1-17-19-20-26(7)23-31-33(55)45-29(18-2)37(59)48(10)28(9)36(58)49(11)30(21-24(3)4)34(56)46-40(62)53(15)41(63)47-39(61)44-27(8)35(57)50(12)32(22-25(5)6)38(60)52(14)43(65)54(16)42(64)51(31)13/h17,19,24-32H,18,20-23H2,1-16H3,(H,45,55)(H,46,56,62)(H2,44,47,61,63)/b19-17+/t26-,27+,28-,29+,30+,31+,32?/m1/s1. The molecule has 4 N–H and O–H groups in total. The first-order valence-corrected chi connectivity index (χ1v) is 21.8. The lowest BCUT2D eigenvalue weighted by Crippen LogP contribution is -2.60. The van der Waals surface area contributed by atoms with Crippen molar-refractivity contribution in [2.45, 2.75) is 131 Å². The predicted molar refractivity (Wildman–Crippen MR) is 240 cm³/mol. The topological polar surface area (TPSA) is 259 Å². The molecule has 0 aliphatic carbocycles. The monoisotopic (exact) mass is 920 g/mol. The van der Waals surface area contributed by atoms with E-state index in [4.69, 9.17) is 0 Å². The van der Waals surface area contributed by atoms with Gasteiger partial charge in [0.25, 0.3) is 11.8 Å². The van der Waals surface area contributed by atoms with Crippen molar-refractivity contribution >= 4 is 65.6 Å². The van der Waals surface area contributed by atoms with Crippen molar-refractivity contribution in [2.75, 3.05) is 49.3 Å². The molecule has 1 rings (SSSR count). The molecule has 1 aliphatic heterocycles. The van der Waals surface area contributed by atoms with E-state index in [9.17, 15) is 52.7 Å². The van der Waals surface area contributed by atoms with Crippen LogP contribution in [0.2, 0.25) is 0 Å². The molecule has 366 valence electrons. The van der Waals surface area contributed by atoms with Crippen molar-refractivity contribution in [1.29, 1.82) is 0 Å². The summed E-state index contributed by atoms with van der Waals surface area (Å²) in [6.45, 7) is 15.1. The number of hydrogen-bond donors (Lipinski definition) is 4. The second-order valence-electron chi connectivity index (χ2n) is 17.6. The van der Waals surface area contributed by atoms with Crippen LogP contribution >= 0.6 is 0 Å². The first kappa shape index (κ1) is 56.9. The van der Waals surface area contributed by atoms with Crippen LogP contribution in [0.3, 0.4) is 0 Å². The average molecular weight is 920 g/mol. The van der Waals surface area contributed by atoms with Crippen molar-refractivity contribution < 1.29 is 52.7 Å². The highest BCUT2D eigenvalue weighted by atomic mass is 16.2. The van der Waals surface area contributed by atoms with Crippen LogP contribution in [0.25, 0.3) is 0 Å². The Hall–Kier alpha value is -6.09. The van der Waals surface area contributed by atoms with E-state index in [1.54, 1.807) is 34.6 Å². The molecule has 65 heavy (non-hydrogen) atoms. The van der Waals surface area contributed by atoms with Crippen molar-refractivity contribution in [1.82, 2.24) is 55.6 Å². The summed E-state index contributed by atoms with van der Waals surface area (Å²) in [5.41, 5.74) is 0. The van der Waals surface area contributed by atoms with E-state index in [-0.39, 0.29) is 43.4 Å². The summed E-state index contributed by atoms with van der Waals surface area (Å²) in [4.78, 5) is 156. The number of allylic oxidation sites excluding steroid dienone is 2. The van der Waals surface area contributed by atoms with Gasteiger partial charge in [-0.25, -0.2) is 33.8 Å². The smallest absolute Gasteiger partial charge is 0.334 e. The molecule has 22 nitrogen and oxygen atoms in total. The predicted octanol–water partition coefficient (Wildman–Crippen LogP) is 2.39. The van der Waals surface area contributed by atoms with Crippen LogP contribution in [-0.2, 0) is 28.8 Å². The first-order chi connectivity index (χ1) is 30.0. The number of carbonyl (C=O) groups is 11. The third-order valence-corrected chi connectivity index (χ3v) is 11.4. The maximum absolute atomic E-state index is 14.2. The fraction of sp³-hybridized carbons (Fsp3) is 0.698. The van der Waals surface area contributed by atoms with E-state index < -0.39 is 102 Å². The maximum Gasteiger partial charge on any atom is 0.334 e. The molecule has 1 unspecified atom stereocenters. The molecule has 22 heteroatoms. The highest BCUT2D eigenvalue weighted by Gasteiger charge is 2.40. The van der Waals surface area contributed by atoms with E-state index in [2.05, 4.69) is 16.0 Å². The number of urea groups is 5. The molecule has 0 radical (unpaired) electrons. The van der Waals surface area contributed by atoms with E-state index in [0.29, 0.717) is 21.1 Å². The Morgan fingerprint density at radius 2 is 1.05 bits per heavy atom. The average Bonchev–Trinajstić information content (AvgIpc) is 3.25. The second kappa shape index (κ2) is 25.4. The van der Waals surface area contributed by atoms with Crippen LogP contribution in [0.15, 0.2) is 12.2 Å². The van der Waals surface area contributed by atoms with Gasteiger partial charge in [-0.15, -0.1) is 0 Å². The molecule has 1 heterocycles. The van der Waals surface area contributed by atoms with Crippen molar-refractivity contribution in [3.63, 3.8) is 0 Å². The summed E-state index contributed by atoms with van der Waals surface area (Å²) in [7, 11) is 8.50. The Kier molecular flexibility index (Phi) is 22.3. The van der Waals surface area contributed by atoms with Crippen LogP contribution in [0.4, 0.5) is 24.0 Å². The zero-order valence-corrected chi connectivity index (χ0v) is 41.0. The molecule has 0 aromatic carbocycles. The summed E-state index contributed by atoms with van der Waals surface area (Å²) in [6.07, 6.45) is 4.51. The van der Waals surface area contributed by atoms with Gasteiger partial charge in [0.2, 0.25) is 23.6 Å². The van der Waals surface area contributed by atoms with Crippen LogP contribution < -0.4 is 21.3 Å². The van der Waals surface area contributed by atoms with Gasteiger partial charge in [0.15, 0.2) is 0 Å². The minimum Gasteiger partial charge on any atom is -0.343 e. The highest BCUT2D eigenvalue weighted by molar-refractivity contribution is 6.07. The largest absolute Gasteiger partial charge is 0.343 e. The summed E-state index contributed by atoms with van der Waals surface area (Å²) in [6, 6.07) is -13.4. The van der Waals surface area contributed by atoms with Crippen molar-refractivity contribution in [3.05, 3.63) is 12.2 Å². The summed E-state index contributed by atoms with van der Waals surface area (Å²) >= 11 is 0. The van der Waals surface area contributed by atoms with Gasteiger partial charge in [0.1, 0.15) is 36.3 Å². The van der Waals surface area contributed by atoms with Gasteiger partial charge < -0.3 is 30.2 Å². The summed E-state index contributed by atoms with van der Waals surface area (Å²) in [5.74, 6) is -5.31. The highest BCUT2D eigenvalue weighted by Crippen LogP contribution is 2.20. The second-order valence-corrected chi connectivity index (χ2v) is 17.6. The first-order valence-electron chi connectivity index (χ1n) is 21.8.